The molecule has 8 aromatic rings. The summed E-state index contributed by atoms with van der Waals surface area (Å²) in [5.74, 6) is 2.32. The van der Waals surface area contributed by atoms with E-state index in [9.17, 15) is 19.2 Å². The standard InChI is InChI=1S/C44H42N4O6S.C17H17BrO3/c1-27-25-31(53-30-16-13-28(14-17-30)15-22-39(49)52-5)18-19-32(27)33-20-21-38(46-40(33)42(51)54-44(2,3)4)48-24-23-29-9-8-10-34(35(29)26-48)41(50)47-43-45-36-11-6-7-12-37(36)55-43;1-12-11-15(8-9-16(12)18)21-14-6-3-13(4-7-14)5-10-17(19)20-2/h6-14,16-21,25H,15,22-24,26H2,1-5H3,(H,45,47,50);3-4,6-9,11H,5,10H2,1-2H3. The molecular formula is C61H59BrN4O9S. The van der Waals surface area contributed by atoms with E-state index in [4.69, 9.17) is 23.9 Å². The molecule has 1 N–H and O–H groups in total. The topological polar surface area (TPSA) is 155 Å². The molecule has 1 aliphatic heterocycles. The van der Waals surface area contributed by atoms with Crippen molar-refractivity contribution < 1.29 is 42.9 Å². The summed E-state index contributed by atoms with van der Waals surface area (Å²) >= 11 is 4.91. The smallest absolute Gasteiger partial charge is 0.358 e. The number of esters is 3. The maximum absolute atomic E-state index is 13.8. The summed E-state index contributed by atoms with van der Waals surface area (Å²) in [6.45, 7) is 10.6. The van der Waals surface area contributed by atoms with Crippen molar-refractivity contribution in [1.29, 1.82) is 0 Å². The molecule has 3 heterocycles. The molecule has 0 unspecified atom stereocenters. The average Bonchev–Trinajstić information content (AvgIpc) is 3.83. The zero-order chi connectivity index (χ0) is 53.9. The summed E-state index contributed by atoms with van der Waals surface area (Å²) in [6.07, 6.45) is 2.67. The number of benzene rings is 6. The average molecular weight is 1100 g/mol. The van der Waals surface area contributed by atoms with E-state index in [1.165, 1.54) is 25.6 Å². The summed E-state index contributed by atoms with van der Waals surface area (Å²) < 4.78 is 29.3. The Morgan fingerprint density at radius 1 is 0.671 bits per heavy atom. The van der Waals surface area contributed by atoms with E-state index in [0.717, 1.165) is 65.1 Å². The van der Waals surface area contributed by atoms with Gasteiger partial charge in [0.2, 0.25) is 0 Å². The number of aryl methyl sites for hydroxylation is 4. The fraction of sp³-hybridized carbons (Fsp3) is 0.246. The highest BCUT2D eigenvalue weighted by atomic mass is 79.9. The predicted molar refractivity (Wildman–Crippen MR) is 301 cm³/mol. The van der Waals surface area contributed by atoms with Gasteiger partial charge in [0.25, 0.3) is 5.91 Å². The SMILES string of the molecule is COC(=O)CCc1ccc(Oc2ccc(-c3ccc(N4CCc5cccc(C(=O)Nc6nc7ccccc7s6)c5C4)nc3C(=O)OC(C)(C)C)c(C)c2)cc1.COC(=O)CCc1ccc(Oc2ccc(Br)c(C)c2)cc1. The van der Waals surface area contributed by atoms with Crippen LogP contribution in [0.2, 0.25) is 0 Å². The van der Waals surface area contributed by atoms with Gasteiger partial charge >= 0.3 is 17.9 Å². The largest absolute Gasteiger partial charge is 0.469 e. The van der Waals surface area contributed by atoms with Crippen molar-refractivity contribution in [2.75, 3.05) is 31.0 Å². The number of para-hydroxylation sites is 1. The van der Waals surface area contributed by atoms with Crippen LogP contribution in [0.15, 0.2) is 144 Å². The van der Waals surface area contributed by atoms with Crippen molar-refractivity contribution in [2.24, 2.45) is 0 Å². The minimum Gasteiger partial charge on any atom is -0.469 e. The Bertz CT molecular complexity index is 3360. The Labute approximate surface area is 455 Å². The summed E-state index contributed by atoms with van der Waals surface area (Å²) in [5, 5.41) is 3.56. The van der Waals surface area contributed by atoms with Crippen LogP contribution >= 0.6 is 27.3 Å². The number of nitrogens with one attached hydrogen (secondary N) is 1. The molecule has 0 atom stereocenters. The number of halogens is 1. The number of ether oxygens (including phenoxy) is 5. The zero-order valence-corrected chi connectivity index (χ0v) is 45.9. The first kappa shape index (κ1) is 54.4. The second-order valence-corrected chi connectivity index (χ2v) is 21.0. The van der Waals surface area contributed by atoms with Gasteiger partial charge in [0.1, 0.15) is 34.4 Å². The van der Waals surface area contributed by atoms with Crippen LogP contribution in [0.4, 0.5) is 10.9 Å². The van der Waals surface area contributed by atoms with E-state index >= 15 is 0 Å². The van der Waals surface area contributed by atoms with Crippen LogP contribution in [-0.4, -0.2) is 60.1 Å². The minimum absolute atomic E-state index is 0.194. The molecule has 13 nitrogen and oxygen atoms in total. The molecule has 0 saturated carbocycles. The van der Waals surface area contributed by atoms with Crippen LogP contribution in [0.25, 0.3) is 21.3 Å². The molecule has 0 fully saturated rings. The molecule has 390 valence electrons. The third-order valence-corrected chi connectivity index (χ3v) is 14.3. The van der Waals surface area contributed by atoms with E-state index < -0.39 is 11.6 Å². The van der Waals surface area contributed by atoms with Gasteiger partial charge in [-0.3, -0.25) is 19.7 Å². The number of anilines is 2. The molecule has 1 aliphatic rings. The lowest BCUT2D eigenvalue weighted by atomic mass is 9.94. The van der Waals surface area contributed by atoms with Crippen molar-refractivity contribution >= 4 is 72.2 Å². The molecule has 2 aromatic heterocycles. The van der Waals surface area contributed by atoms with Gasteiger partial charge in [-0.15, -0.1) is 0 Å². The molecular weight excluding hydrogens is 1040 g/mol. The molecule has 0 spiro atoms. The van der Waals surface area contributed by atoms with Gasteiger partial charge < -0.3 is 28.6 Å². The first-order valence-electron chi connectivity index (χ1n) is 24.8. The predicted octanol–water partition coefficient (Wildman–Crippen LogP) is 14.0. The van der Waals surface area contributed by atoms with Gasteiger partial charge in [-0.25, -0.2) is 14.8 Å². The summed E-state index contributed by atoms with van der Waals surface area (Å²) in [6, 6.07) is 44.4. The highest BCUT2D eigenvalue weighted by molar-refractivity contribution is 9.10. The van der Waals surface area contributed by atoms with Crippen molar-refractivity contribution in [3.63, 3.8) is 0 Å². The number of nitrogens with zero attached hydrogens (tertiary/aromatic N) is 3. The lowest BCUT2D eigenvalue weighted by Gasteiger charge is -2.31. The molecule has 0 saturated heterocycles. The number of amides is 1. The first-order chi connectivity index (χ1) is 36.5. The van der Waals surface area contributed by atoms with Crippen molar-refractivity contribution in [2.45, 2.75) is 78.9 Å². The molecule has 0 radical (unpaired) electrons. The first-order valence-corrected chi connectivity index (χ1v) is 26.4. The minimum atomic E-state index is -0.733. The third-order valence-electron chi connectivity index (χ3n) is 12.5. The van der Waals surface area contributed by atoms with Gasteiger partial charge in [0.15, 0.2) is 10.8 Å². The summed E-state index contributed by atoms with van der Waals surface area (Å²) in [7, 11) is 2.79. The van der Waals surface area contributed by atoms with Gasteiger partial charge in [-0.05, 0) is 178 Å². The molecule has 6 aromatic carbocycles. The van der Waals surface area contributed by atoms with E-state index in [2.05, 4.69) is 41.9 Å². The number of carbonyl (C=O) groups excluding carboxylic acids is 4. The van der Waals surface area contributed by atoms with Crippen LogP contribution in [0.1, 0.15) is 87.8 Å². The van der Waals surface area contributed by atoms with Crippen molar-refractivity contribution in [3.8, 4) is 34.1 Å². The number of hydrogen-bond acceptors (Lipinski definition) is 13. The van der Waals surface area contributed by atoms with Crippen LogP contribution in [0.3, 0.4) is 0 Å². The number of thiazole rings is 1. The van der Waals surface area contributed by atoms with Gasteiger partial charge in [0.05, 0.1) is 24.4 Å². The van der Waals surface area contributed by atoms with Crippen molar-refractivity contribution in [3.05, 3.63) is 189 Å². The van der Waals surface area contributed by atoms with Gasteiger partial charge in [-0.2, -0.15) is 0 Å². The van der Waals surface area contributed by atoms with E-state index in [-0.39, 0.29) is 23.5 Å². The molecule has 1 amide bonds. The van der Waals surface area contributed by atoms with E-state index in [1.807, 2.05) is 168 Å². The molecule has 15 heteroatoms. The molecule has 76 heavy (non-hydrogen) atoms. The number of aromatic nitrogens is 2. The summed E-state index contributed by atoms with van der Waals surface area (Å²) in [4.78, 5) is 61.7. The fourth-order valence-corrected chi connectivity index (χ4v) is 9.61. The Morgan fingerprint density at radius 2 is 1.26 bits per heavy atom. The number of methoxy groups -OCH3 is 2. The Hall–Kier alpha value is -7.88. The van der Waals surface area contributed by atoms with Gasteiger partial charge in [0, 0.05) is 41.5 Å². The monoisotopic (exact) mass is 1100 g/mol. The van der Waals surface area contributed by atoms with Gasteiger partial charge in [-0.1, -0.05) is 81.9 Å². The normalized spacial score (nSPS) is 11.9. The Kier molecular flexibility index (Phi) is 17.6. The second-order valence-electron chi connectivity index (χ2n) is 19.2. The van der Waals surface area contributed by atoms with E-state index in [0.29, 0.717) is 78.8 Å². The quantitative estimate of drug-likeness (QED) is 0.0767. The molecule has 0 aliphatic carbocycles. The molecule has 9 rings (SSSR count). The van der Waals surface area contributed by atoms with Crippen LogP contribution < -0.4 is 19.7 Å². The Balaban J connectivity index is 0.000000305. The number of carbonyl (C=O) groups is 4. The number of hydrogen-bond donors (Lipinski definition) is 1. The fourth-order valence-electron chi connectivity index (χ4n) is 8.50. The van der Waals surface area contributed by atoms with E-state index in [1.54, 1.807) is 0 Å². The highest BCUT2D eigenvalue weighted by Gasteiger charge is 2.28. The third kappa shape index (κ3) is 14.3. The lowest BCUT2D eigenvalue weighted by Crippen LogP contribution is -2.33. The maximum atomic E-state index is 13.8. The zero-order valence-electron chi connectivity index (χ0n) is 43.5. The maximum Gasteiger partial charge on any atom is 0.358 e. The summed E-state index contributed by atoms with van der Waals surface area (Å²) in [5.41, 5.74) is 8.49. The second kappa shape index (κ2) is 24.6. The Morgan fingerprint density at radius 3 is 1.86 bits per heavy atom. The van der Waals surface area contributed by atoms with Crippen LogP contribution in [-0.2, 0) is 49.6 Å². The lowest BCUT2D eigenvalue weighted by molar-refractivity contribution is -0.141. The highest BCUT2D eigenvalue weighted by Crippen LogP contribution is 2.35. The number of pyridine rings is 1. The number of rotatable bonds is 15. The van der Waals surface area contributed by atoms with Crippen molar-refractivity contribution in [1.82, 2.24) is 9.97 Å². The molecule has 0 bridgehead atoms. The van der Waals surface area contributed by atoms with Crippen LogP contribution in [0.5, 0.6) is 23.0 Å². The number of fused-ring (bicyclic) bond motifs is 2. The van der Waals surface area contributed by atoms with Crippen LogP contribution in [0, 0.1) is 13.8 Å².